The average Bonchev–Trinajstić information content (AvgIpc) is 2.90. The van der Waals surface area contributed by atoms with Gasteiger partial charge in [0.05, 0.1) is 17.1 Å². The largest absolute Gasteiger partial charge is 0.271 e. The molecule has 0 atom stereocenters. The van der Waals surface area contributed by atoms with Crippen LogP contribution in [0.5, 0.6) is 0 Å². The van der Waals surface area contributed by atoms with Gasteiger partial charge in [-0.05, 0) is 35.5 Å². The first-order valence-corrected chi connectivity index (χ1v) is 8.10. The van der Waals surface area contributed by atoms with E-state index in [0.717, 1.165) is 11.3 Å². The number of amidine groups is 1. The molecule has 2 aromatic rings. The van der Waals surface area contributed by atoms with Crippen LogP contribution >= 0.6 is 11.8 Å². The van der Waals surface area contributed by atoms with Crippen molar-refractivity contribution in [2.75, 3.05) is 11.4 Å². The highest BCUT2D eigenvalue weighted by Crippen LogP contribution is 2.35. The van der Waals surface area contributed by atoms with Crippen molar-refractivity contribution in [3.8, 4) is 0 Å². The van der Waals surface area contributed by atoms with Crippen LogP contribution < -0.4 is 4.90 Å². The molecule has 1 fully saturated rings. The van der Waals surface area contributed by atoms with Crippen molar-refractivity contribution in [3.63, 3.8) is 0 Å². The molecule has 0 spiro atoms. The Labute approximate surface area is 140 Å². The molecule has 1 aliphatic rings. The van der Waals surface area contributed by atoms with Crippen LogP contribution in [-0.4, -0.2) is 17.6 Å². The molecule has 0 unspecified atom stereocenters. The lowest BCUT2D eigenvalue weighted by atomic mass is 10.2. The van der Waals surface area contributed by atoms with Crippen molar-refractivity contribution in [1.29, 1.82) is 0 Å². The molecule has 1 amide bonds. The fourth-order valence-electron chi connectivity index (χ4n) is 2.23. The van der Waals surface area contributed by atoms with Crippen LogP contribution in [0, 0.1) is 0 Å². The topological polar surface area (TPSA) is 32.7 Å². The number of para-hydroxylation sites is 1. The highest BCUT2D eigenvalue weighted by Gasteiger charge is 2.34. The minimum absolute atomic E-state index is 0.0483. The number of anilines is 1. The van der Waals surface area contributed by atoms with Gasteiger partial charge in [0.25, 0.3) is 5.91 Å². The minimum Gasteiger partial charge on any atom is -0.268 e. The number of nitrogens with zero attached hydrogens (tertiary/aromatic N) is 2. The maximum absolute atomic E-state index is 12.8. The van der Waals surface area contributed by atoms with Crippen LogP contribution in [-0.2, 0) is 4.79 Å². The van der Waals surface area contributed by atoms with E-state index in [1.54, 1.807) is 11.0 Å². The zero-order chi connectivity index (χ0) is 16.1. The van der Waals surface area contributed by atoms with Crippen LogP contribution in [0.4, 0.5) is 5.69 Å². The summed E-state index contributed by atoms with van der Waals surface area (Å²) in [5, 5.41) is 0.684. The number of rotatable bonds is 4. The number of carbonyl (C=O) groups is 1. The van der Waals surface area contributed by atoms with Gasteiger partial charge in [-0.25, -0.2) is 0 Å². The maximum Gasteiger partial charge on any atom is 0.271 e. The average molecular weight is 320 g/mol. The van der Waals surface area contributed by atoms with Crippen LogP contribution in [0.25, 0.3) is 6.08 Å². The molecule has 0 bridgehead atoms. The summed E-state index contributed by atoms with van der Waals surface area (Å²) >= 11 is 1.40. The smallest absolute Gasteiger partial charge is 0.268 e. The second-order valence-corrected chi connectivity index (χ2v) is 5.92. The zero-order valence-corrected chi connectivity index (χ0v) is 13.4. The molecule has 23 heavy (non-hydrogen) atoms. The minimum atomic E-state index is -0.0483. The molecule has 114 valence electrons. The van der Waals surface area contributed by atoms with Crippen molar-refractivity contribution in [2.24, 2.45) is 4.99 Å². The Hall–Kier alpha value is -2.59. The lowest BCUT2D eigenvalue weighted by molar-refractivity contribution is -0.113. The number of amides is 1. The molecule has 3 nitrogen and oxygen atoms in total. The predicted molar refractivity (Wildman–Crippen MR) is 98.4 cm³/mol. The summed E-state index contributed by atoms with van der Waals surface area (Å²) < 4.78 is 0. The first-order chi connectivity index (χ1) is 11.3. The van der Waals surface area contributed by atoms with Gasteiger partial charge < -0.3 is 0 Å². The fraction of sp³-hybridized carbons (Fsp3) is 0.0526. The van der Waals surface area contributed by atoms with Gasteiger partial charge in [0.2, 0.25) is 0 Å². The third-order valence-electron chi connectivity index (χ3n) is 3.27. The number of hydrogen-bond acceptors (Lipinski definition) is 3. The van der Waals surface area contributed by atoms with E-state index >= 15 is 0 Å². The molecule has 1 saturated heterocycles. The van der Waals surface area contributed by atoms with E-state index < -0.39 is 0 Å². The lowest BCUT2D eigenvalue weighted by Crippen LogP contribution is -2.28. The maximum atomic E-state index is 12.8. The Morgan fingerprint density at radius 3 is 2.35 bits per heavy atom. The van der Waals surface area contributed by atoms with Crippen LogP contribution in [0.3, 0.4) is 0 Å². The number of hydrogen-bond donors (Lipinski definition) is 0. The van der Waals surface area contributed by atoms with Crippen LogP contribution in [0.15, 0.2) is 83.2 Å². The standard InChI is InChI=1S/C19H16N2OS/c1-2-13-20-19-21(16-11-7-4-8-12-16)18(22)17(23-19)14-15-9-5-3-6-10-15/h2-12,14H,1,13H2/b17-14-,20-19?. The molecule has 2 aromatic carbocycles. The molecule has 1 heterocycles. The molecule has 0 saturated carbocycles. The molecule has 4 heteroatoms. The normalized spacial score (nSPS) is 17.9. The van der Waals surface area contributed by atoms with Crippen LogP contribution in [0.2, 0.25) is 0 Å². The van der Waals surface area contributed by atoms with Gasteiger partial charge in [0.15, 0.2) is 5.17 Å². The fourth-order valence-corrected chi connectivity index (χ4v) is 3.22. The van der Waals surface area contributed by atoms with E-state index in [0.29, 0.717) is 16.6 Å². The molecule has 0 aromatic heterocycles. The first kappa shape index (κ1) is 15.3. The third kappa shape index (κ3) is 3.43. The highest BCUT2D eigenvalue weighted by molar-refractivity contribution is 8.19. The van der Waals surface area contributed by atoms with Gasteiger partial charge in [-0.15, -0.1) is 6.58 Å². The van der Waals surface area contributed by atoms with Crippen molar-refractivity contribution in [2.45, 2.75) is 0 Å². The summed E-state index contributed by atoms with van der Waals surface area (Å²) in [6, 6.07) is 19.4. The number of thioether (sulfide) groups is 1. The molecule has 3 rings (SSSR count). The summed E-state index contributed by atoms with van der Waals surface area (Å²) in [7, 11) is 0. The summed E-state index contributed by atoms with van der Waals surface area (Å²) in [4.78, 5) is 19.6. The van der Waals surface area contributed by atoms with E-state index in [9.17, 15) is 4.79 Å². The number of aliphatic imine (C=N–C) groups is 1. The summed E-state index contributed by atoms with van der Waals surface area (Å²) in [6.45, 7) is 4.17. The Bertz CT molecular complexity index is 766. The van der Waals surface area contributed by atoms with Crippen molar-refractivity contribution in [1.82, 2.24) is 0 Å². The second-order valence-electron chi connectivity index (χ2n) is 4.91. The van der Waals surface area contributed by atoms with E-state index in [-0.39, 0.29) is 5.91 Å². The van der Waals surface area contributed by atoms with Gasteiger partial charge in [0.1, 0.15) is 0 Å². The Kier molecular flexibility index (Phi) is 4.74. The summed E-state index contributed by atoms with van der Waals surface area (Å²) in [5.41, 5.74) is 1.82. The highest BCUT2D eigenvalue weighted by atomic mass is 32.2. The Balaban J connectivity index is 1.99. The van der Waals surface area contributed by atoms with Gasteiger partial charge in [-0.1, -0.05) is 54.6 Å². The number of carbonyl (C=O) groups excluding carboxylic acids is 1. The SMILES string of the molecule is C=CCN=C1S/C(=C\c2ccccc2)C(=O)N1c1ccccc1. The second kappa shape index (κ2) is 7.11. The van der Waals surface area contributed by atoms with Gasteiger partial charge in [0, 0.05) is 0 Å². The van der Waals surface area contributed by atoms with E-state index in [2.05, 4.69) is 11.6 Å². The quantitative estimate of drug-likeness (QED) is 0.620. The van der Waals surface area contributed by atoms with Crippen LogP contribution in [0.1, 0.15) is 5.56 Å². The molecule has 1 aliphatic heterocycles. The van der Waals surface area contributed by atoms with Crippen molar-refractivity contribution >= 4 is 34.6 Å². The molecule has 0 radical (unpaired) electrons. The lowest BCUT2D eigenvalue weighted by Gasteiger charge is -2.15. The molecular formula is C19H16N2OS. The van der Waals surface area contributed by atoms with Gasteiger partial charge in [-0.3, -0.25) is 14.7 Å². The predicted octanol–water partition coefficient (Wildman–Crippen LogP) is 4.35. The van der Waals surface area contributed by atoms with E-state index in [1.807, 2.05) is 66.7 Å². The molecular weight excluding hydrogens is 304 g/mol. The van der Waals surface area contributed by atoms with E-state index in [1.165, 1.54) is 11.8 Å². The van der Waals surface area contributed by atoms with Gasteiger partial charge >= 0.3 is 0 Å². The Morgan fingerprint density at radius 1 is 1.04 bits per heavy atom. The monoisotopic (exact) mass is 320 g/mol. The molecule has 0 N–H and O–H groups in total. The first-order valence-electron chi connectivity index (χ1n) is 7.29. The summed E-state index contributed by atoms with van der Waals surface area (Å²) in [6.07, 6.45) is 3.62. The number of benzene rings is 2. The molecule has 0 aliphatic carbocycles. The van der Waals surface area contributed by atoms with Crippen molar-refractivity contribution in [3.05, 3.63) is 83.8 Å². The third-order valence-corrected chi connectivity index (χ3v) is 4.28. The van der Waals surface area contributed by atoms with E-state index in [4.69, 9.17) is 0 Å². The summed E-state index contributed by atoms with van der Waals surface area (Å²) in [5.74, 6) is -0.0483. The Morgan fingerprint density at radius 2 is 1.70 bits per heavy atom. The van der Waals surface area contributed by atoms with Gasteiger partial charge in [-0.2, -0.15) is 0 Å². The zero-order valence-electron chi connectivity index (χ0n) is 12.6. The van der Waals surface area contributed by atoms with Crippen molar-refractivity contribution < 1.29 is 4.79 Å².